The van der Waals surface area contributed by atoms with Gasteiger partial charge in [-0.2, -0.15) is 0 Å². The van der Waals surface area contributed by atoms with Crippen molar-refractivity contribution in [2.75, 3.05) is 0 Å². The molecule has 0 aliphatic heterocycles. The van der Waals surface area contributed by atoms with Crippen LogP contribution in [0.2, 0.25) is 0 Å². The Balaban J connectivity index is 2.17. The Labute approximate surface area is 113 Å². The second-order valence-electron chi connectivity index (χ2n) is 5.76. The topological polar surface area (TPSA) is 63.6 Å². The van der Waals surface area contributed by atoms with Crippen LogP contribution in [0.1, 0.15) is 58.3 Å². The van der Waals surface area contributed by atoms with Gasteiger partial charge < -0.3 is 9.84 Å². The first-order chi connectivity index (χ1) is 9.05. The lowest BCUT2D eigenvalue weighted by atomic mass is 9.86. The van der Waals surface area contributed by atoms with E-state index in [1.54, 1.807) is 0 Å². The van der Waals surface area contributed by atoms with Gasteiger partial charge in [-0.1, -0.05) is 18.9 Å². The van der Waals surface area contributed by atoms with E-state index < -0.39 is 23.0 Å². The van der Waals surface area contributed by atoms with Gasteiger partial charge in [-0.3, -0.25) is 9.59 Å². The predicted molar refractivity (Wildman–Crippen MR) is 70.6 cm³/mol. The van der Waals surface area contributed by atoms with E-state index in [-0.39, 0.29) is 0 Å². The summed E-state index contributed by atoms with van der Waals surface area (Å²) in [5.74, 6) is -1.55. The maximum absolute atomic E-state index is 12.4. The van der Waals surface area contributed by atoms with Crippen LogP contribution in [0.3, 0.4) is 0 Å². The predicted octanol–water partition coefficient (Wildman–Crippen LogP) is 3.06. The lowest BCUT2D eigenvalue weighted by Crippen LogP contribution is -2.43. The Hall–Kier alpha value is -1.32. The molecule has 1 N–H and O–H groups in total. The van der Waals surface area contributed by atoms with Crippen LogP contribution >= 0.6 is 0 Å². The Kier molecular flexibility index (Phi) is 3.97. The quantitative estimate of drug-likeness (QED) is 0.482. The minimum Gasteiger partial charge on any atom is -0.480 e. The average molecular weight is 266 g/mol. The molecule has 0 heterocycles. The first-order valence-electron chi connectivity index (χ1n) is 7.15. The number of hydrogen-bond donors (Lipinski definition) is 1. The van der Waals surface area contributed by atoms with Crippen LogP contribution in [0.25, 0.3) is 0 Å². The zero-order valence-corrected chi connectivity index (χ0v) is 11.5. The van der Waals surface area contributed by atoms with Gasteiger partial charge in [-0.25, -0.2) is 0 Å². The van der Waals surface area contributed by atoms with Crippen molar-refractivity contribution in [1.82, 2.24) is 0 Å². The van der Waals surface area contributed by atoms with Gasteiger partial charge in [0.1, 0.15) is 5.60 Å². The first-order valence-corrected chi connectivity index (χ1v) is 7.15. The SMILES string of the molecule is C/C=C/C1(OC(=O)C2(C(=O)O)CCCC2)CCCC1. The minimum atomic E-state index is -1.29. The number of aliphatic carboxylic acids is 1. The fraction of sp³-hybridized carbons (Fsp3) is 0.733. The number of ether oxygens (including phenoxy) is 1. The number of carboxylic acids is 1. The zero-order valence-electron chi connectivity index (χ0n) is 11.5. The number of allylic oxidation sites excluding steroid dienone is 1. The second kappa shape index (κ2) is 5.35. The summed E-state index contributed by atoms with van der Waals surface area (Å²) in [5.41, 5.74) is -1.85. The third kappa shape index (κ3) is 2.53. The van der Waals surface area contributed by atoms with Crippen molar-refractivity contribution in [3.63, 3.8) is 0 Å². The molecule has 2 aliphatic carbocycles. The van der Waals surface area contributed by atoms with Crippen LogP contribution in [-0.4, -0.2) is 22.6 Å². The Morgan fingerprint density at radius 3 is 2.05 bits per heavy atom. The molecule has 2 rings (SSSR count). The number of rotatable bonds is 4. The number of carbonyl (C=O) groups excluding carboxylic acids is 1. The van der Waals surface area contributed by atoms with Gasteiger partial charge in [0.2, 0.25) is 0 Å². The summed E-state index contributed by atoms with van der Waals surface area (Å²) in [7, 11) is 0. The van der Waals surface area contributed by atoms with E-state index >= 15 is 0 Å². The molecule has 0 unspecified atom stereocenters. The van der Waals surface area contributed by atoms with Crippen LogP contribution in [0.4, 0.5) is 0 Å². The smallest absolute Gasteiger partial charge is 0.324 e. The zero-order chi connectivity index (χ0) is 13.9. The molecule has 0 aromatic heterocycles. The molecule has 106 valence electrons. The maximum Gasteiger partial charge on any atom is 0.324 e. The van der Waals surface area contributed by atoms with Gasteiger partial charge in [0.25, 0.3) is 0 Å². The molecule has 0 saturated heterocycles. The Morgan fingerprint density at radius 1 is 1.05 bits per heavy atom. The van der Waals surface area contributed by atoms with Crippen molar-refractivity contribution in [3.05, 3.63) is 12.2 Å². The molecule has 0 spiro atoms. The van der Waals surface area contributed by atoms with E-state index in [9.17, 15) is 14.7 Å². The molecule has 0 aromatic rings. The monoisotopic (exact) mass is 266 g/mol. The van der Waals surface area contributed by atoms with Crippen molar-refractivity contribution < 1.29 is 19.4 Å². The highest BCUT2D eigenvalue weighted by Gasteiger charge is 2.52. The normalized spacial score (nSPS) is 24.7. The maximum atomic E-state index is 12.4. The third-order valence-corrected chi connectivity index (χ3v) is 4.47. The van der Waals surface area contributed by atoms with Crippen molar-refractivity contribution in [1.29, 1.82) is 0 Å². The van der Waals surface area contributed by atoms with E-state index in [0.717, 1.165) is 38.5 Å². The largest absolute Gasteiger partial charge is 0.480 e. The molecule has 0 amide bonds. The summed E-state index contributed by atoms with van der Waals surface area (Å²) in [6.07, 6.45) is 9.87. The van der Waals surface area contributed by atoms with Gasteiger partial charge in [-0.05, 0) is 51.5 Å². The van der Waals surface area contributed by atoms with Gasteiger partial charge in [-0.15, -0.1) is 0 Å². The van der Waals surface area contributed by atoms with Gasteiger partial charge in [0.05, 0.1) is 0 Å². The van der Waals surface area contributed by atoms with Crippen molar-refractivity contribution >= 4 is 11.9 Å². The first kappa shape index (κ1) is 14.1. The molecular formula is C15H22O4. The highest BCUT2D eigenvalue weighted by molar-refractivity contribution is 5.99. The summed E-state index contributed by atoms with van der Waals surface area (Å²) in [5, 5.41) is 9.40. The molecule has 0 bridgehead atoms. The minimum absolute atomic E-state index is 0.410. The lowest BCUT2D eigenvalue weighted by Gasteiger charge is -2.31. The van der Waals surface area contributed by atoms with Crippen LogP contribution in [0.15, 0.2) is 12.2 Å². The summed E-state index contributed by atoms with van der Waals surface area (Å²) >= 11 is 0. The highest BCUT2D eigenvalue weighted by atomic mass is 16.6. The summed E-state index contributed by atoms with van der Waals surface area (Å²) < 4.78 is 5.68. The fourth-order valence-corrected chi connectivity index (χ4v) is 3.35. The molecular weight excluding hydrogens is 244 g/mol. The summed E-state index contributed by atoms with van der Waals surface area (Å²) in [4.78, 5) is 23.9. The molecule has 0 aromatic carbocycles. The van der Waals surface area contributed by atoms with Crippen molar-refractivity contribution in [3.8, 4) is 0 Å². The summed E-state index contributed by atoms with van der Waals surface area (Å²) in [6.45, 7) is 1.90. The van der Waals surface area contributed by atoms with Crippen molar-refractivity contribution in [2.45, 2.75) is 63.9 Å². The molecule has 2 fully saturated rings. The van der Waals surface area contributed by atoms with Crippen LogP contribution in [-0.2, 0) is 14.3 Å². The molecule has 4 heteroatoms. The second-order valence-corrected chi connectivity index (χ2v) is 5.76. The van der Waals surface area contributed by atoms with E-state index in [0.29, 0.717) is 12.8 Å². The average Bonchev–Trinajstić information content (AvgIpc) is 2.98. The van der Waals surface area contributed by atoms with Crippen LogP contribution in [0.5, 0.6) is 0 Å². The van der Waals surface area contributed by atoms with E-state index in [1.165, 1.54) is 0 Å². The van der Waals surface area contributed by atoms with Gasteiger partial charge in [0, 0.05) is 0 Å². The molecule has 19 heavy (non-hydrogen) atoms. The standard InChI is InChI=1S/C15H22O4/c1-2-7-14(8-3-4-9-14)19-13(18)15(12(16)17)10-5-6-11-15/h2,7H,3-6,8-11H2,1H3,(H,16,17)/b7-2+. The van der Waals surface area contributed by atoms with Crippen molar-refractivity contribution in [2.24, 2.45) is 5.41 Å². The molecule has 2 saturated carbocycles. The number of hydrogen-bond acceptors (Lipinski definition) is 3. The van der Waals surface area contributed by atoms with Gasteiger partial charge in [0.15, 0.2) is 5.41 Å². The molecule has 0 radical (unpaired) electrons. The molecule has 4 nitrogen and oxygen atoms in total. The van der Waals surface area contributed by atoms with Crippen LogP contribution in [0, 0.1) is 5.41 Å². The lowest BCUT2D eigenvalue weighted by molar-refractivity contribution is -0.176. The van der Waals surface area contributed by atoms with E-state index in [2.05, 4.69) is 0 Å². The number of esters is 1. The van der Waals surface area contributed by atoms with E-state index in [1.807, 2.05) is 19.1 Å². The molecule has 0 atom stereocenters. The molecule has 2 aliphatic rings. The van der Waals surface area contributed by atoms with Gasteiger partial charge >= 0.3 is 11.9 Å². The summed E-state index contributed by atoms with van der Waals surface area (Å²) in [6, 6.07) is 0. The van der Waals surface area contributed by atoms with Crippen LogP contribution < -0.4 is 0 Å². The third-order valence-electron chi connectivity index (χ3n) is 4.47. The highest BCUT2D eigenvalue weighted by Crippen LogP contribution is 2.43. The van der Waals surface area contributed by atoms with E-state index in [4.69, 9.17) is 4.74 Å². The fourth-order valence-electron chi connectivity index (χ4n) is 3.35. The number of carbonyl (C=O) groups is 2. The Bertz CT molecular complexity index is 385. The number of carboxylic acid groups (broad SMARTS) is 1. The Morgan fingerprint density at radius 2 is 1.58 bits per heavy atom.